The van der Waals surface area contributed by atoms with E-state index in [4.69, 9.17) is 5.73 Å². The van der Waals surface area contributed by atoms with Crippen molar-refractivity contribution in [3.63, 3.8) is 0 Å². The number of nitrogens with two attached hydrogens (primary N) is 1. The third kappa shape index (κ3) is 2.98. The minimum Gasteiger partial charge on any atom is -0.338 e. The van der Waals surface area contributed by atoms with Gasteiger partial charge in [0.2, 0.25) is 5.91 Å². The summed E-state index contributed by atoms with van der Waals surface area (Å²) in [5.41, 5.74) is 5.36. The van der Waals surface area contributed by atoms with Gasteiger partial charge in [0.15, 0.2) is 0 Å². The summed E-state index contributed by atoms with van der Waals surface area (Å²) in [7, 11) is 0. The highest BCUT2D eigenvalue weighted by atomic mass is 35.5. The molecule has 0 radical (unpaired) electrons. The maximum atomic E-state index is 12.6. The van der Waals surface area contributed by atoms with Gasteiger partial charge in [-0.1, -0.05) is 0 Å². The Morgan fingerprint density at radius 2 is 1.74 bits per heavy atom. The van der Waals surface area contributed by atoms with Gasteiger partial charge in [-0.05, 0) is 30.4 Å². The highest BCUT2D eigenvalue weighted by Crippen LogP contribution is 2.34. The van der Waals surface area contributed by atoms with Crippen molar-refractivity contribution in [2.45, 2.75) is 18.4 Å². The quantitative estimate of drug-likeness (QED) is 0.879. The lowest BCUT2D eigenvalue weighted by Crippen LogP contribution is -2.55. The van der Waals surface area contributed by atoms with Crippen LogP contribution in [0.1, 0.15) is 22.5 Å². The fourth-order valence-corrected chi connectivity index (χ4v) is 4.88. The van der Waals surface area contributed by atoms with E-state index in [9.17, 15) is 9.59 Å². The largest absolute Gasteiger partial charge is 0.338 e. The van der Waals surface area contributed by atoms with Gasteiger partial charge in [0.05, 0.1) is 10.4 Å². The van der Waals surface area contributed by atoms with Crippen molar-refractivity contribution in [2.24, 2.45) is 5.73 Å². The molecule has 0 bridgehead atoms. The molecule has 1 aliphatic heterocycles. The molecule has 2 aromatic heterocycles. The molecule has 1 saturated carbocycles. The van der Waals surface area contributed by atoms with Crippen molar-refractivity contribution in [3.05, 3.63) is 22.4 Å². The van der Waals surface area contributed by atoms with Gasteiger partial charge in [-0.2, -0.15) is 0 Å². The van der Waals surface area contributed by atoms with Crippen LogP contribution in [0.2, 0.25) is 0 Å². The zero-order chi connectivity index (χ0) is 15.3. The Morgan fingerprint density at radius 1 is 1.09 bits per heavy atom. The molecule has 5 nitrogen and oxygen atoms in total. The van der Waals surface area contributed by atoms with Crippen LogP contribution in [0.25, 0.3) is 9.40 Å². The maximum Gasteiger partial charge on any atom is 0.264 e. The van der Waals surface area contributed by atoms with E-state index in [1.807, 2.05) is 27.3 Å². The summed E-state index contributed by atoms with van der Waals surface area (Å²) in [5, 5.41) is 2.04. The van der Waals surface area contributed by atoms with Crippen LogP contribution in [-0.2, 0) is 4.79 Å². The smallest absolute Gasteiger partial charge is 0.264 e. The van der Waals surface area contributed by atoms with Gasteiger partial charge >= 0.3 is 0 Å². The standard InChI is InChI=1S/C15H17N3O2S2.ClH/c16-15(2-3-15)14(20)18-6-4-17(5-7-18)13(19)12-9-11-10(22-12)1-8-21-11;/h1,8-9H,2-7,16H2;1H. The summed E-state index contributed by atoms with van der Waals surface area (Å²) in [6.45, 7) is 2.35. The summed E-state index contributed by atoms with van der Waals surface area (Å²) < 4.78 is 2.34. The number of amides is 2. The summed E-state index contributed by atoms with van der Waals surface area (Å²) in [5.74, 6) is 0.130. The Bertz CT molecular complexity index is 716. The number of halogens is 1. The van der Waals surface area contributed by atoms with E-state index in [0.29, 0.717) is 26.2 Å². The molecule has 2 fully saturated rings. The van der Waals surface area contributed by atoms with Crippen molar-refractivity contribution in [1.82, 2.24) is 9.80 Å². The van der Waals surface area contributed by atoms with Crippen LogP contribution in [0.4, 0.5) is 0 Å². The second kappa shape index (κ2) is 6.05. The van der Waals surface area contributed by atoms with Crippen molar-refractivity contribution in [2.75, 3.05) is 26.2 Å². The van der Waals surface area contributed by atoms with Crippen LogP contribution in [0.15, 0.2) is 17.5 Å². The number of thiophene rings is 2. The fourth-order valence-electron chi connectivity index (χ4n) is 2.80. The van der Waals surface area contributed by atoms with Crippen molar-refractivity contribution >= 4 is 56.3 Å². The Labute approximate surface area is 148 Å². The number of carbonyl (C=O) groups is 2. The first-order valence-electron chi connectivity index (χ1n) is 7.41. The molecule has 0 unspecified atom stereocenters. The van der Waals surface area contributed by atoms with Crippen LogP contribution in [0.5, 0.6) is 0 Å². The zero-order valence-corrected chi connectivity index (χ0v) is 14.9. The van der Waals surface area contributed by atoms with Crippen LogP contribution >= 0.6 is 35.1 Å². The van der Waals surface area contributed by atoms with Crippen molar-refractivity contribution < 1.29 is 9.59 Å². The van der Waals surface area contributed by atoms with Gasteiger partial charge in [0.25, 0.3) is 5.91 Å². The molecule has 0 atom stereocenters. The molecule has 124 valence electrons. The minimum absolute atomic E-state index is 0. The van der Waals surface area contributed by atoms with Gasteiger partial charge < -0.3 is 15.5 Å². The molecule has 1 aliphatic carbocycles. The summed E-state index contributed by atoms with van der Waals surface area (Å²) in [6, 6.07) is 4.03. The molecule has 23 heavy (non-hydrogen) atoms. The minimum atomic E-state index is -0.607. The number of piperazine rings is 1. The Balaban J connectivity index is 0.00000156. The van der Waals surface area contributed by atoms with Crippen LogP contribution in [0, 0.1) is 0 Å². The lowest BCUT2D eigenvalue weighted by atomic mass is 10.2. The predicted molar refractivity (Wildman–Crippen MR) is 95.6 cm³/mol. The topological polar surface area (TPSA) is 66.6 Å². The van der Waals surface area contributed by atoms with E-state index in [2.05, 4.69) is 0 Å². The molecule has 8 heteroatoms. The summed E-state index contributed by atoms with van der Waals surface area (Å²) >= 11 is 3.20. The van der Waals surface area contributed by atoms with E-state index in [1.165, 1.54) is 9.40 Å². The molecular weight excluding hydrogens is 354 g/mol. The normalized spacial score (nSPS) is 19.5. The van der Waals surface area contributed by atoms with Crippen molar-refractivity contribution in [1.29, 1.82) is 0 Å². The third-order valence-corrected chi connectivity index (χ3v) is 6.50. The van der Waals surface area contributed by atoms with E-state index < -0.39 is 5.54 Å². The number of fused-ring (bicyclic) bond motifs is 1. The van der Waals surface area contributed by atoms with Crippen LogP contribution < -0.4 is 5.73 Å². The monoisotopic (exact) mass is 371 g/mol. The lowest BCUT2D eigenvalue weighted by molar-refractivity contribution is -0.135. The summed E-state index contributed by atoms with van der Waals surface area (Å²) in [4.78, 5) is 29.2. The Kier molecular flexibility index (Phi) is 4.39. The molecule has 1 saturated heterocycles. The van der Waals surface area contributed by atoms with Crippen LogP contribution in [-0.4, -0.2) is 53.3 Å². The molecule has 2 amide bonds. The Morgan fingerprint density at radius 3 is 2.35 bits per heavy atom. The molecule has 3 heterocycles. The average molecular weight is 372 g/mol. The SMILES string of the molecule is Cl.NC1(C(=O)N2CCN(C(=O)c3cc4sccc4s3)CC2)CC1. The first kappa shape index (κ1) is 16.7. The highest BCUT2D eigenvalue weighted by Gasteiger charge is 2.48. The second-order valence-corrected chi connectivity index (χ2v) is 8.03. The van der Waals surface area contributed by atoms with E-state index in [0.717, 1.165) is 17.7 Å². The molecular formula is C15H18ClN3O2S2. The highest BCUT2D eigenvalue weighted by molar-refractivity contribution is 7.27. The van der Waals surface area contributed by atoms with Crippen molar-refractivity contribution in [3.8, 4) is 0 Å². The fraction of sp³-hybridized carbons (Fsp3) is 0.467. The number of nitrogens with zero attached hydrogens (tertiary/aromatic N) is 2. The zero-order valence-electron chi connectivity index (χ0n) is 12.5. The van der Waals surface area contributed by atoms with Gasteiger partial charge in [0, 0.05) is 35.6 Å². The number of carbonyl (C=O) groups excluding carboxylic acids is 2. The molecule has 2 N–H and O–H groups in total. The van der Waals surface area contributed by atoms with Crippen LogP contribution in [0.3, 0.4) is 0 Å². The number of hydrogen-bond donors (Lipinski definition) is 1. The number of hydrogen-bond acceptors (Lipinski definition) is 5. The van der Waals surface area contributed by atoms with E-state index in [-0.39, 0.29) is 24.2 Å². The molecule has 2 aromatic rings. The lowest BCUT2D eigenvalue weighted by Gasteiger charge is -2.35. The van der Waals surface area contributed by atoms with Gasteiger partial charge in [-0.15, -0.1) is 35.1 Å². The molecule has 2 aliphatic rings. The molecule has 4 rings (SSSR count). The first-order chi connectivity index (χ1) is 10.6. The maximum absolute atomic E-state index is 12.6. The van der Waals surface area contributed by atoms with E-state index in [1.54, 1.807) is 22.7 Å². The van der Waals surface area contributed by atoms with Gasteiger partial charge in [0.1, 0.15) is 0 Å². The average Bonchev–Trinajstić information content (AvgIpc) is 2.96. The predicted octanol–water partition coefficient (Wildman–Crippen LogP) is 2.16. The van der Waals surface area contributed by atoms with Gasteiger partial charge in [-0.3, -0.25) is 9.59 Å². The summed E-state index contributed by atoms with van der Waals surface area (Å²) in [6.07, 6.45) is 1.58. The molecule has 0 aromatic carbocycles. The van der Waals surface area contributed by atoms with E-state index >= 15 is 0 Å². The number of rotatable bonds is 2. The Hall–Kier alpha value is -1.15. The third-order valence-electron chi connectivity index (χ3n) is 4.42. The second-order valence-electron chi connectivity index (χ2n) is 6.00. The molecule has 0 spiro atoms. The van der Waals surface area contributed by atoms with Gasteiger partial charge in [-0.25, -0.2) is 0 Å². The first-order valence-corrected chi connectivity index (χ1v) is 9.11.